The topological polar surface area (TPSA) is 61.8 Å². The van der Waals surface area contributed by atoms with Crippen LogP contribution in [0.5, 0.6) is 0 Å². The molecule has 0 spiro atoms. The average Bonchev–Trinajstić information content (AvgIpc) is 2.91. The highest BCUT2D eigenvalue weighted by molar-refractivity contribution is 8.13. The molecule has 0 aromatic carbocycles. The van der Waals surface area contributed by atoms with Crippen molar-refractivity contribution in [1.29, 1.82) is 0 Å². The number of hydrogen-bond donors (Lipinski definition) is 1. The van der Waals surface area contributed by atoms with Gasteiger partial charge in [0.1, 0.15) is 6.04 Å². The number of nitrogens with one attached hydrogen (secondary N) is 1. The second kappa shape index (κ2) is 4.57. The first-order valence-corrected chi connectivity index (χ1v) is 7.41. The maximum Gasteiger partial charge on any atom is 0.254 e. The van der Waals surface area contributed by atoms with Crippen molar-refractivity contribution >= 4 is 28.7 Å². The monoisotopic (exact) mass is 267 g/mol. The van der Waals surface area contributed by atoms with Crippen LogP contribution in [-0.4, -0.2) is 46.8 Å². The fourth-order valence-corrected chi connectivity index (χ4v) is 4.07. The van der Waals surface area contributed by atoms with Gasteiger partial charge in [0.15, 0.2) is 5.17 Å². The van der Waals surface area contributed by atoms with E-state index in [2.05, 4.69) is 10.3 Å². The quantitative estimate of drug-likeness (QED) is 0.707. The molecule has 1 saturated carbocycles. The number of imide groups is 1. The van der Waals surface area contributed by atoms with E-state index >= 15 is 0 Å². The van der Waals surface area contributed by atoms with Crippen LogP contribution in [0.1, 0.15) is 25.7 Å². The summed E-state index contributed by atoms with van der Waals surface area (Å²) in [6.07, 6.45) is 3.98. The molecule has 5 nitrogen and oxygen atoms in total. The van der Waals surface area contributed by atoms with Crippen molar-refractivity contribution in [3.05, 3.63) is 0 Å². The number of rotatable bonds is 1. The van der Waals surface area contributed by atoms with Crippen molar-refractivity contribution in [2.45, 2.75) is 37.8 Å². The number of amides is 2. The standard InChI is InChI=1S/C12H17N3O2S/c1-15-10(16)5-9(11(15)17)14-12-13-8-4-2-3-7(8)6-18-12/h7-9H,2-6H2,1H3,(H,13,14). The van der Waals surface area contributed by atoms with Crippen molar-refractivity contribution in [3.63, 3.8) is 0 Å². The molecule has 1 N–H and O–H groups in total. The molecule has 0 radical (unpaired) electrons. The van der Waals surface area contributed by atoms with Gasteiger partial charge >= 0.3 is 0 Å². The van der Waals surface area contributed by atoms with E-state index in [1.165, 1.54) is 31.2 Å². The lowest BCUT2D eigenvalue weighted by Crippen LogP contribution is -2.42. The second-order valence-corrected chi connectivity index (χ2v) is 6.21. The molecule has 2 saturated heterocycles. The Bertz CT molecular complexity index is 424. The third-order valence-corrected chi connectivity index (χ3v) is 5.12. The van der Waals surface area contributed by atoms with Gasteiger partial charge in [-0.3, -0.25) is 14.5 Å². The minimum atomic E-state index is -0.504. The molecule has 2 heterocycles. The van der Waals surface area contributed by atoms with Crippen LogP contribution in [0, 0.1) is 5.92 Å². The summed E-state index contributed by atoms with van der Waals surface area (Å²) in [5.74, 6) is 1.52. The zero-order valence-corrected chi connectivity index (χ0v) is 11.2. The molecule has 6 heteroatoms. The summed E-state index contributed by atoms with van der Waals surface area (Å²) < 4.78 is 0. The Morgan fingerprint density at radius 3 is 2.94 bits per heavy atom. The highest BCUT2D eigenvalue weighted by Gasteiger charge is 2.38. The Kier molecular flexibility index (Phi) is 3.05. The Hall–Kier alpha value is -1.04. The highest BCUT2D eigenvalue weighted by Crippen LogP contribution is 2.33. The van der Waals surface area contributed by atoms with Gasteiger partial charge in [-0.15, -0.1) is 0 Å². The number of carbonyl (C=O) groups excluding carboxylic acids is 2. The maximum absolute atomic E-state index is 11.8. The third-order valence-electron chi connectivity index (χ3n) is 4.03. The highest BCUT2D eigenvalue weighted by atomic mass is 32.2. The Balaban J connectivity index is 1.70. The second-order valence-electron chi connectivity index (χ2n) is 5.20. The van der Waals surface area contributed by atoms with Crippen LogP contribution < -0.4 is 5.32 Å². The van der Waals surface area contributed by atoms with Gasteiger partial charge in [-0.05, 0) is 18.8 Å². The first-order valence-electron chi connectivity index (χ1n) is 6.42. The van der Waals surface area contributed by atoms with Crippen LogP contribution in [0.15, 0.2) is 4.99 Å². The van der Waals surface area contributed by atoms with Gasteiger partial charge in [0.25, 0.3) is 5.91 Å². The molecule has 0 aromatic heterocycles. The number of likely N-dealkylation sites (tertiary alicyclic amines) is 1. The van der Waals surface area contributed by atoms with E-state index in [-0.39, 0.29) is 18.2 Å². The lowest BCUT2D eigenvalue weighted by atomic mass is 10.1. The average molecular weight is 267 g/mol. The van der Waals surface area contributed by atoms with Gasteiger partial charge in [0, 0.05) is 18.8 Å². The number of amidine groups is 1. The lowest BCUT2D eigenvalue weighted by molar-refractivity contribution is -0.136. The summed E-state index contributed by atoms with van der Waals surface area (Å²) in [7, 11) is 1.53. The molecule has 2 amide bonds. The summed E-state index contributed by atoms with van der Waals surface area (Å²) in [5.41, 5.74) is 0. The predicted octanol–water partition coefficient (Wildman–Crippen LogP) is 0.605. The first kappa shape index (κ1) is 12.0. The van der Waals surface area contributed by atoms with Crippen LogP contribution in [0.3, 0.4) is 0 Å². The molecule has 18 heavy (non-hydrogen) atoms. The molecular weight excluding hydrogens is 250 g/mol. The van der Waals surface area contributed by atoms with E-state index in [4.69, 9.17) is 0 Å². The molecule has 3 rings (SSSR count). The van der Waals surface area contributed by atoms with Crippen molar-refractivity contribution in [3.8, 4) is 0 Å². The summed E-state index contributed by atoms with van der Waals surface area (Å²) >= 11 is 1.69. The number of hydrogen-bond acceptors (Lipinski definition) is 4. The normalized spacial score (nSPS) is 38.2. The number of aliphatic imine (C=N–C) groups is 1. The molecule has 2 aliphatic heterocycles. The summed E-state index contributed by atoms with van der Waals surface area (Å²) in [5, 5.41) is 4.27. The molecule has 1 aliphatic carbocycles. The number of thioether (sulfide) groups is 1. The molecule has 3 fully saturated rings. The molecule has 98 valence electrons. The van der Waals surface area contributed by atoms with Gasteiger partial charge in [0.2, 0.25) is 5.91 Å². The third kappa shape index (κ3) is 2.02. The first-order chi connectivity index (χ1) is 8.65. The number of fused-ring (bicyclic) bond motifs is 1. The van der Waals surface area contributed by atoms with E-state index in [9.17, 15) is 9.59 Å². The summed E-state index contributed by atoms with van der Waals surface area (Å²) in [6, 6.07) is 0.0189. The van der Waals surface area contributed by atoms with Crippen LogP contribution in [0.25, 0.3) is 0 Å². The SMILES string of the molecule is CN1C(=O)CC(N=C2NC3CCCC3CS2)C1=O. The predicted molar refractivity (Wildman–Crippen MR) is 70.3 cm³/mol. The molecule has 3 atom stereocenters. The number of carbonyl (C=O) groups is 2. The maximum atomic E-state index is 11.8. The lowest BCUT2D eigenvalue weighted by Gasteiger charge is -2.28. The van der Waals surface area contributed by atoms with Gasteiger partial charge in [0.05, 0.1) is 6.42 Å². The van der Waals surface area contributed by atoms with E-state index in [0.717, 1.165) is 16.8 Å². The fraction of sp³-hybridized carbons (Fsp3) is 0.750. The van der Waals surface area contributed by atoms with E-state index in [1.807, 2.05) is 0 Å². The van der Waals surface area contributed by atoms with Gasteiger partial charge < -0.3 is 5.32 Å². The Labute approximate surface area is 110 Å². The van der Waals surface area contributed by atoms with E-state index < -0.39 is 6.04 Å². The Morgan fingerprint density at radius 1 is 1.39 bits per heavy atom. The minimum Gasteiger partial charge on any atom is -0.362 e. The van der Waals surface area contributed by atoms with E-state index in [1.54, 1.807) is 11.8 Å². The molecule has 3 unspecified atom stereocenters. The number of likely N-dealkylation sites (N-methyl/N-ethyl adjacent to an activating group) is 1. The molecular formula is C12H17N3O2S. The number of nitrogens with zero attached hydrogens (tertiary/aromatic N) is 2. The van der Waals surface area contributed by atoms with Gasteiger partial charge in [-0.2, -0.15) is 0 Å². The zero-order valence-electron chi connectivity index (χ0n) is 10.4. The van der Waals surface area contributed by atoms with E-state index in [0.29, 0.717) is 6.04 Å². The van der Waals surface area contributed by atoms with Crippen LogP contribution >= 0.6 is 11.8 Å². The zero-order chi connectivity index (χ0) is 12.7. The minimum absolute atomic E-state index is 0.131. The van der Waals surface area contributed by atoms with Crippen molar-refractivity contribution in [2.75, 3.05) is 12.8 Å². The Morgan fingerprint density at radius 2 is 2.22 bits per heavy atom. The van der Waals surface area contributed by atoms with Crippen molar-refractivity contribution < 1.29 is 9.59 Å². The van der Waals surface area contributed by atoms with Crippen LogP contribution in [-0.2, 0) is 9.59 Å². The van der Waals surface area contributed by atoms with Crippen LogP contribution in [0.2, 0.25) is 0 Å². The molecule has 0 aromatic rings. The van der Waals surface area contributed by atoms with Crippen molar-refractivity contribution in [2.24, 2.45) is 10.9 Å². The van der Waals surface area contributed by atoms with Crippen LogP contribution in [0.4, 0.5) is 0 Å². The summed E-state index contributed by atoms with van der Waals surface area (Å²) in [4.78, 5) is 28.8. The van der Waals surface area contributed by atoms with Gasteiger partial charge in [-0.25, -0.2) is 4.99 Å². The molecule has 0 bridgehead atoms. The smallest absolute Gasteiger partial charge is 0.254 e. The molecule has 3 aliphatic rings. The summed E-state index contributed by atoms with van der Waals surface area (Å²) in [6.45, 7) is 0. The largest absolute Gasteiger partial charge is 0.362 e. The fourth-order valence-electron chi connectivity index (χ4n) is 2.87. The van der Waals surface area contributed by atoms with Crippen molar-refractivity contribution in [1.82, 2.24) is 10.2 Å². The van der Waals surface area contributed by atoms with Gasteiger partial charge in [-0.1, -0.05) is 18.2 Å².